The molecule has 29 heavy (non-hydrogen) atoms. The number of aromatic nitrogens is 2. The van der Waals surface area contributed by atoms with Crippen LogP contribution in [0.25, 0.3) is 11.5 Å². The Labute approximate surface area is 168 Å². The quantitative estimate of drug-likeness (QED) is 0.663. The van der Waals surface area contributed by atoms with E-state index >= 15 is 0 Å². The number of anilines is 1. The van der Waals surface area contributed by atoms with Gasteiger partial charge in [-0.1, -0.05) is 0 Å². The first-order valence-corrected chi connectivity index (χ1v) is 11.2. The van der Waals surface area contributed by atoms with Crippen LogP contribution < -0.4 is 10.1 Å². The van der Waals surface area contributed by atoms with Crippen molar-refractivity contribution >= 4 is 21.4 Å². The fourth-order valence-corrected chi connectivity index (χ4v) is 5.05. The van der Waals surface area contributed by atoms with E-state index in [2.05, 4.69) is 10.4 Å². The molecule has 1 amide bonds. The van der Waals surface area contributed by atoms with E-state index in [1.54, 1.807) is 47.1 Å². The summed E-state index contributed by atoms with van der Waals surface area (Å²) >= 11 is 0. The van der Waals surface area contributed by atoms with Gasteiger partial charge >= 0.3 is 0 Å². The summed E-state index contributed by atoms with van der Waals surface area (Å²) in [4.78, 5) is 12.7. The summed E-state index contributed by atoms with van der Waals surface area (Å²) in [5, 5.41) is 7.21. The smallest absolute Gasteiger partial charge is 0.276 e. The summed E-state index contributed by atoms with van der Waals surface area (Å²) in [6, 6.07) is 11.8. The van der Waals surface area contributed by atoms with Gasteiger partial charge in [-0.3, -0.25) is 9.48 Å². The maximum Gasteiger partial charge on any atom is 0.276 e. The summed E-state index contributed by atoms with van der Waals surface area (Å²) < 4.78 is 36.3. The Morgan fingerprint density at radius 1 is 1.31 bits per heavy atom. The molecule has 1 aliphatic heterocycles. The molecular formula is C20H21N3O5S. The van der Waals surface area contributed by atoms with E-state index < -0.39 is 9.84 Å². The van der Waals surface area contributed by atoms with Gasteiger partial charge in [0, 0.05) is 11.8 Å². The van der Waals surface area contributed by atoms with Crippen LogP contribution in [0, 0.1) is 0 Å². The first kappa shape index (κ1) is 19.3. The lowest BCUT2D eigenvalue weighted by molar-refractivity contribution is 0.102. The highest BCUT2D eigenvalue weighted by atomic mass is 32.2. The van der Waals surface area contributed by atoms with Crippen molar-refractivity contribution in [2.45, 2.75) is 19.4 Å². The highest BCUT2D eigenvalue weighted by molar-refractivity contribution is 7.91. The second kappa shape index (κ2) is 7.75. The van der Waals surface area contributed by atoms with Gasteiger partial charge in [-0.2, -0.15) is 5.10 Å². The summed E-state index contributed by atoms with van der Waals surface area (Å²) in [5.74, 6) is 0.978. The zero-order valence-electron chi connectivity index (χ0n) is 15.9. The van der Waals surface area contributed by atoms with Crippen molar-refractivity contribution in [3.05, 3.63) is 54.4 Å². The second-order valence-corrected chi connectivity index (χ2v) is 9.03. The normalized spacial score (nSPS) is 17.9. The minimum absolute atomic E-state index is 0.00232. The lowest BCUT2D eigenvalue weighted by Gasteiger charge is -2.11. The van der Waals surface area contributed by atoms with Gasteiger partial charge in [-0.05, 0) is 49.7 Å². The Balaban J connectivity index is 1.60. The van der Waals surface area contributed by atoms with Crippen molar-refractivity contribution in [3.63, 3.8) is 0 Å². The molecule has 1 saturated heterocycles. The zero-order chi connectivity index (χ0) is 20.4. The van der Waals surface area contributed by atoms with Gasteiger partial charge in [0.25, 0.3) is 5.91 Å². The van der Waals surface area contributed by atoms with Crippen molar-refractivity contribution in [2.24, 2.45) is 0 Å². The molecule has 0 aliphatic carbocycles. The molecule has 2 aromatic heterocycles. The Kier molecular flexibility index (Phi) is 5.14. The van der Waals surface area contributed by atoms with Crippen LogP contribution in [0.4, 0.5) is 5.69 Å². The average molecular weight is 415 g/mol. The largest absolute Gasteiger partial charge is 0.494 e. The molecule has 0 saturated carbocycles. The fourth-order valence-electron chi connectivity index (χ4n) is 3.36. The third-order valence-corrected chi connectivity index (χ3v) is 6.47. The number of nitrogens with one attached hydrogen (secondary N) is 1. The number of ether oxygens (including phenoxy) is 1. The van der Waals surface area contributed by atoms with Crippen molar-refractivity contribution in [2.75, 3.05) is 23.4 Å². The number of hydrogen-bond donors (Lipinski definition) is 1. The first-order chi connectivity index (χ1) is 13.9. The van der Waals surface area contributed by atoms with Gasteiger partial charge < -0.3 is 14.5 Å². The van der Waals surface area contributed by atoms with Crippen LogP contribution in [0.5, 0.6) is 5.75 Å². The Hall–Kier alpha value is -3.07. The maximum atomic E-state index is 12.7. The highest BCUT2D eigenvalue weighted by Crippen LogP contribution is 2.30. The maximum absolute atomic E-state index is 12.7. The predicted octanol–water partition coefficient (Wildman–Crippen LogP) is 3.15. The summed E-state index contributed by atoms with van der Waals surface area (Å²) in [7, 11) is -3.10. The Bertz CT molecular complexity index is 1100. The molecule has 1 atom stereocenters. The van der Waals surface area contributed by atoms with Crippen LogP contribution in [-0.4, -0.2) is 42.2 Å². The molecule has 1 N–H and O–H groups in total. The zero-order valence-corrected chi connectivity index (χ0v) is 16.7. The topological polar surface area (TPSA) is 103 Å². The molecule has 1 aromatic carbocycles. The summed E-state index contributed by atoms with van der Waals surface area (Å²) in [6.07, 6.45) is 1.98. The van der Waals surface area contributed by atoms with Crippen LogP contribution in [0.3, 0.4) is 0 Å². The minimum Gasteiger partial charge on any atom is -0.494 e. The van der Waals surface area contributed by atoms with Gasteiger partial charge in [0.1, 0.15) is 11.4 Å². The van der Waals surface area contributed by atoms with Crippen molar-refractivity contribution in [3.8, 4) is 17.2 Å². The molecule has 1 aliphatic rings. The van der Waals surface area contributed by atoms with Crippen LogP contribution in [0.2, 0.25) is 0 Å². The molecule has 9 heteroatoms. The SMILES string of the molecule is CCOc1ccc(NC(=O)c2cc(-c3ccco3)n(C3CCS(=O)(=O)C3)n2)cc1. The monoisotopic (exact) mass is 415 g/mol. The fraction of sp³-hybridized carbons (Fsp3) is 0.300. The lowest BCUT2D eigenvalue weighted by atomic mass is 10.2. The third-order valence-electron chi connectivity index (χ3n) is 4.72. The number of benzene rings is 1. The number of sulfone groups is 1. The van der Waals surface area contributed by atoms with Crippen LogP contribution in [0.15, 0.2) is 53.1 Å². The van der Waals surface area contributed by atoms with E-state index in [0.717, 1.165) is 5.75 Å². The van der Waals surface area contributed by atoms with Crippen LogP contribution in [-0.2, 0) is 9.84 Å². The molecule has 1 fully saturated rings. The Morgan fingerprint density at radius 3 is 2.72 bits per heavy atom. The van der Waals surface area contributed by atoms with Gasteiger partial charge in [0.2, 0.25) is 0 Å². The van der Waals surface area contributed by atoms with Crippen LogP contribution in [0.1, 0.15) is 29.9 Å². The molecule has 1 unspecified atom stereocenters. The average Bonchev–Trinajstić information content (AvgIpc) is 3.42. The van der Waals surface area contributed by atoms with Crippen molar-refractivity contribution in [1.82, 2.24) is 9.78 Å². The first-order valence-electron chi connectivity index (χ1n) is 9.33. The number of carbonyl (C=O) groups excluding carboxylic acids is 1. The second-order valence-electron chi connectivity index (χ2n) is 6.81. The number of rotatable bonds is 6. The van der Waals surface area contributed by atoms with Gasteiger partial charge in [0.05, 0.1) is 30.4 Å². The predicted molar refractivity (Wildman–Crippen MR) is 108 cm³/mol. The lowest BCUT2D eigenvalue weighted by Crippen LogP contribution is -2.16. The standard InChI is InChI=1S/C20H21N3O5S/c1-2-27-16-7-5-14(6-8-16)21-20(24)17-12-18(19-4-3-10-28-19)23(22-17)15-9-11-29(25,26)13-15/h3-8,10,12,15H,2,9,11,13H2,1H3,(H,21,24). The minimum atomic E-state index is -3.10. The molecule has 8 nitrogen and oxygen atoms in total. The van der Waals surface area contributed by atoms with E-state index in [4.69, 9.17) is 9.15 Å². The molecule has 0 bridgehead atoms. The molecule has 4 rings (SSSR count). The van der Waals surface area contributed by atoms with E-state index in [0.29, 0.717) is 30.2 Å². The van der Waals surface area contributed by atoms with Gasteiger partial charge in [-0.25, -0.2) is 8.42 Å². The Morgan fingerprint density at radius 2 is 2.10 bits per heavy atom. The van der Waals surface area contributed by atoms with Crippen molar-refractivity contribution < 1.29 is 22.4 Å². The molecule has 0 radical (unpaired) electrons. The number of carbonyl (C=O) groups is 1. The van der Waals surface area contributed by atoms with Crippen LogP contribution >= 0.6 is 0 Å². The highest BCUT2D eigenvalue weighted by Gasteiger charge is 2.32. The van der Waals surface area contributed by atoms with E-state index in [-0.39, 0.29) is 29.1 Å². The molecule has 3 heterocycles. The summed E-state index contributed by atoms with van der Waals surface area (Å²) in [6.45, 7) is 2.47. The number of nitrogens with zero attached hydrogens (tertiary/aromatic N) is 2. The number of amides is 1. The third kappa shape index (κ3) is 4.19. The van der Waals surface area contributed by atoms with Gasteiger partial charge in [-0.15, -0.1) is 0 Å². The van der Waals surface area contributed by atoms with E-state index in [1.165, 1.54) is 6.26 Å². The molecule has 152 valence electrons. The number of furan rings is 1. The number of hydrogen-bond acceptors (Lipinski definition) is 6. The van der Waals surface area contributed by atoms with Crippen molar-refractivity contribution in [1.29, 1.82) is 0 Å². The molecular weight excluding hydrogens is 394 g/mol. The van der Waals surface area contributed by atoms with Gasteiger partial charge in [0.15, 0.2) is 21.3 Å². The molecule has 0 spiro atoms. The van der Waals surface area contributed by atoms with E-state index in [1.807, 2.05) is 6.92 Å². The molecule has 3 aromatic rings. The summed E-state index contributed by atoms with van der Waals surface area (Å²) in [5.41, 5.74) is 1.37. The van der Waals surface area contributed by atoms with E-state index in [9.17, 15) is 13.2 Å².